The van der Waals surface area contributed by atoms with E-state index in [1.54, 1.807) is 0 Å². The molecule has 0 atom stereocenters. The normalized spacial score (nSPS) is 18.1. The van der Waals surface area contributed by atoms with Gasteiger partial charge in [-0.05, 0) is 0 Å². The van der Waals surface area contributed by atoms with Gasteiger partial charge >= 0.3 is 16.6 Å². The van der Waals surface area contributed by atoms with E-state index in [-0.39, 0.29) is 18.9 Å². The predicted octanol–water partition coefficient (Wildman–Crippen LogP) is 0.932. The second-order valence-electron chi connectivity index (χ2n) is 3.51. The van der Waals surface area contributed by atoms with Crippen molar-refractivity contribution in [3.8, 4) is 0 Å². The highest BCUT2D eigenvalue weighted by atomic mass is 32.3. The highest BCUT2D eigenvalue weighted by Gasteiger charge is 2.36. The standard InChI is InChI=1S/C7H7F4N3O2S/c8-7(9,10)5-3-13-1-2-14(17(11,15)16)4-6(13)12-5/h3H,1-2,4H2. The van der Waals surface area contributed by atoms with E-state index in [0.29, 0.717) is 4.31 Å². The average Bonchev–Trinajstić information content (AvgIpc) is 2.57. The SMILES string of the molecule is O=S(=O)(F)N1CCn2cc(C(F)(F)F)nc2C1. The van der Waals surface area contributed by atoms with Crippen molar-refractivity contribution in [2.75, 3.05) is 6.54 Å². The van der Waals surface area contributed by atoms with Crippen LogP contribution in [0.2, 0.25) is 0 Å². The Hall–Kier alpha value is -1.16. The Morgan fingerprint density at radius 3 is 2.47 bits per heavy atom. The third kappa shape index (κ3) is 2.41. The van der Waals surface area contributed by atoms with Crippen molar-refractivity contribution in [1.29, 1.82) is 0 Å². The summed E-state index contributed by atoms with van der Waals surface area (Å²) in [6.07, 6.45) is -3.80. The van der Waals surface area contributed by atoms with Crippen molar-refractivity contribution in [2.45, 2.75) is 19.3 Å². The van der Waals surface area contributed by atoms with Gasteiger partial charge in [-0.3, -0.25) is 0 Å². The van der Waals surface area contributed by atoms with Crippen LogP contribution in [0.4, 0.5) is 17.1 Å². The Morgan fingerprint density at radius 2 is 1.94 bits per heavy atom. The van der Waals surface area contributed by atoms with Gasteiger partial charge in [-0.2, -0.15) is 25.9 Å². The van der Waals surface area contributed by atoms with Crippen LogP contribution in [0.25, 0.3) is 0 Å². The second-order valence-corrected chi connectivity index (χ2v) is 4.85. The molecule has 1 aliphatic rings. The molecule has 0 fully saturated rings. The number of rotatable bonds is 1. The largest absolute Gasteiger partial charge is 0.434 e. The summed E-state index contributed by atoms with van der Waals surface area (Å²) < 4.78 is 72.4. The van der Waals surface area contributed by atoms with Gasteiger partial charge in [0.05, 0.1) is 6.54 Å². The van der Waals surface area contributed by atoms with Gasteiger partial charge in [-0.25, -0.2) is 4.98 Å². The van der Waals surface area contributed by atoms with E-state index < -0.39 is 28.8 Å². The summed E-state index contributed by atoms with van der Waals surface area (Å²) in [6.45, 7) is -0.754. The molecule has 1 aliphatic heterocycles. The molecule has 0 saturated heterocycles. The van der Waals surface area contributed by atoms with Crippen LogP contribution in [0.5, 0.6) is 0 Å². The van der Waals surface area contributed by atoms with E-state index in [4.69, 9.17) is 0 Å². The summed E-state index contributed by atoms with van der Waals surface area (Å²) in [6, 6.07) is 0. The van der Waals surface area contributed by atoms with Gasteiger partial charge in [-0.15, -0.1) is 0 Å². The van der Waals surface area contributed by atoms with Crippen LogP contribution in [0.3, 0.4) is 0 Å². The van der Waals surface area contributed by atoms with Crippen molar-refractivity contribution in [3.63, 3.8) is 0 Å². The Morgan fingerprint density at radius 1 is 1.29 bits per heavy atom. The van der Waals surface area contributed by atoms with Crippen molar-refractivity contribution in [3.05, 3.63) is 17.7 Å². The molecule has 0 aromatic carbocycles. The number of alkyl halides is 3. The van der Waals surface area contributed by atoms with E-state index >= 15 is 0 Å². The Labute approximate surface area is 94.0 Å². The fourth-order valence-corrected chi connectivity index (χ4v) is 2.12. The van der Waals surface area contributed by atoms with Crippen molar-refractivity contribution < 1.29 is 25.5 Å². The first kappa shape index (κ1) is 12.3. The molecule has 0 spiro atoms. The Kier molecular flexibility index (Phi) is 2.65. The molecule has 96 valence electrons. The predicted molar refractivity (Wildman–Crippen MR) is 47.7 cm³/mol. The van der Waals surface area contributed by atoms with Crippen LogP contribution in [-0.4, -0.2) is 28.8 Å². The van der Waals surface area contributed by atoms with Crippen LogP contribution in [0.1, 0.15) is 11.5 Å². The third-order valence-electron chi connectivity index (χ3n) is 2.37. The van der Waals surface area contributed by atoms with Crippen molar-refractivity contribution >= 4 is 10.4 Å². The number of fused-ring (bicyclic) bond motifs is 1. The van der Waals surface area contributed by atoms with E-state index in [1.807, 2.05) is 0 Å². The number of nitrogens with zero attached hydrogens (tertiary/aromatic N) is 3. The minimum Gasteiger partial charge on any atom is -0.332 e. The molecule has 0 N–H and O–H groups in total. The summed E-state index contributed by atoms with van der Waals surface area (Å²) in [5.74, 6) is -0.121. The molecule has 1 aromatic rings. The van der Waals surface area contributed by atoms with Crippen molar-refractivity contribution in [2.24, 2.45) is 0 Å². The highest BCUT2D eigenvalue weighted by molar-refractivity contribution is 7.83. The zero-order chi connectivity index (χ0) is 12.8. The van der Waals surface area contributed by atoms with E-state index in [0.717, 1.165) is 6.20 Å². The molecule has 5 nitrogen and oxygen atoms in total. The first-order valence-electron chi connectivity index (χ1n) is 4.51. The summed E-state index contributed by atoms with van der Waals surface area (Å²) in [4.78, 5) is 3.25. The average molecular weight is 273 g/mol. The molecule has 0 aliphatic carbocycles. The molecule has 10 heteroatoms. The summed E-state index contributed by atoms with van der Waals surface area (Å²) in [5.41, 5.74) is -1.11. The topological polar surface area (TPSA) is 55.2 Å². The highest BCUT2D eigenvalue weighted by Crippen LogP contribution is 2.29. The van der Waals surface area contributed by atoms with Gasteiger partial charge in [0.15, 0.2) is 5.69 Å². The van der Waals surface area contributed by atoms with Crippen LogP contribution >= 0.6 is 0 Å². The van der Waals surface area contributed by atoms with Crippen molar-refractivity contribution in [1.82, 2.24) is 13.9 Å². The maximum absolute atomic E-state index is 12.6. The summed E-state index contributed by atoms with van der Waals surface area (Å²) >= 11 is 0. The van der Waals surface area contributed by atoms with Crippen LogP contribution in [-0.2, 0) is 29.7 Å². The lowest BCUT2D eigenvalue weighted by Gasteiger charge is -2.22. The fourth-order valence-electron chi connectivity index (χ4n) is 1.55. The van der Waals surface area contributed by atoms with Gasteiger partial charge < -0.3 is 4.57 Å². The molecule has 17 heavy (non-hydrogen) atoms. The summed E-state index contributed by atoms with van der Waals surface area (Å²) in [7, 11) is -4.90. The van der Waals surface area contributed by atoms with E-state index in [2.05, 4.69) is 4.98 Å². The van der Waals surface area contributed by atoms with Crippen LogP contribution in [0.15, 0.2) is 6.20 Å². The molecule has 0 saturated carbocycles. The Bertz CT molecular complexity index is 536. The third-order valence-corrected chi connectivity index (χ3v) is 3.29. The molecule has 2 heterocycles. The molecular formula is C7H7F4N3O2S. The van der Waals surface area contributed by atoms with E-state index in [1.165, 1.54) is 4.57 Å². The first-order valence-corrected chi connectivity index (χ1v) is 5.85. The monoisotopic (exact) mass is 273 g/mol. The first-order chi connectivity index (χ1) is 7.68. The molecule has 0 bridgehead atoms. The maximum Gasteiger partial charge on any atom is 0.434 e. The second kappa shape index (κ2) is 3.67. The van der Waals surface area contributed by atoms with Gasteiger partial charge in [-0.1, -0.05) is 3.89 Å². The summed E-state index contributed by atoms with van der Waals surface area (Å²) in [5, 5.41) is 0. The quantitative estimate of drug-likeness (QED) is 0.565. The number of aromatic nitrogens is 2. The number of imidazole rings is 1. The fraction of sp³-hybridized carbons (Fsp3) is 0.571. The molecule has 0 unspecified atom stereocenters. The zero-order valence-electron chi connectivity index (χ0n) is 8.28. The van der Waals surface area contributed by atoms with Gasteiger partial charge in [0, 0.05) is 19.3 Å². The zero-order valence-corrected chi connectivity index (χ0v) is 9.09. The lowest BCUT2D eigenvalue weighted by atomic mass is 10.4. The van der Waals surface area contributed by atoms with Gasteiger partial charge in [0.1, 0.15) is 5.82 Å². The van der Waals surface area contributed by atoms with Gasteiger partial charge in [0.25, 0.3) is 0 Å². The molecular weight excluding hydrogens is 266 g/mol. The van der Waals surface area contributed by atoms with E-state index in [9.17, 15) is 25.5 Å². The molecule has 0 radical (unpaired) electrons. The Balaban J connectivity index is 2.31. The lowest BCUT2D eigenvalue weighted by molar-refractivity contribution is -0.141. The number of halogens is 4. The van der Waals surface area contributed by atoms with Gasteiger partial charge in [0.2, 0.25) is 0 Å². The maximum atomic E-state index is 12.6. The number of hydrogen-bond donors (Lipinski definition) is 0. The smallest absolute Gasteiger partial charge is 0.332 e. The minimum absolute atomic E-state index is 0.0540. The van der Waals surface area contributed by atoms with Crippen LogP contribution in [0, 0.1) is 0 Å². The molecule has 0 amide bonds. The molecule has 1 aromatic heterocycles. The minimum atomic E-state index is -4.90. The lowest BCUT2D eigenvalue weighted by Crippen LogP contribution is -2.36. The number of hydrogen-bond acceptors (Lipinski definition) is 3. The molecule has 2 rings (SSSR count). The van der Waals surface area contributed by atoms with Crippen LogP contribution < -0.4 is 0 Å².